The molecule has 0 unspecified atom stereocenters. The number of imide groups is 1. The molecule has 0 saturated carbocycles. The molecule has 0 aromatic rings. The van der Waals surface area contributed by atoms with Crippen molar-refractivity contribution < 1.29 is 9.59 Å². The number of nitrogens with one attached hydrogen (secondary N) is 2. The second-order valence-electron chi connectivity index (χ2n) is 2.93. The molecule has 74 valence electrons. The number of amides is 2. The Morgan fingerprint density at radius 1 is 1.08 bits per heavy atom. The van der Waals surface area contributed by atoms with Crippen LogP contribution < -0.4 is 10.6 Å². The van der Waals surface area contributed by atoms with E-state index < -0.39 is 0 Å². The van der Waals surface area contributed by atoms with Crippen LogP contribution in [0.25, 0.3) is 0 Å². The van der Waals surface area contributed by atoms with Gasteiger partial charge in [0.1, 0.15) is 0 Å². The number of piperidine rings is 1. The van der Waals surface area contributed by atoms with Gasteiger partial charge in [-0.15, -0.1) is 0 Å². The van der Waals surface area contributed by atoms with Crippen LogP contribution in [0.15, 0.2) is 0 Å². The molecule has 0 aromatic carbocycles. The van der Waals surface area contributed by atoms with Gasteiger partial charge in [-0.1, -0.05) is 18.2 Å². The van der Waals surface area contributed by atoms with E-state index in [1.165, 1.54) is 32.4 Å². The molecule has 2 saturated heterocycles. The molecule has 13 heavy (non-hydrogen) atoms. The van der Waals surface area contributed by atoms with Crippen molar-refractivity contribution in [2.75, 3.05) is 18.8 Å². The van der Waals surface area contributed by atoms with E-state index in [0.29, 0.717) is 5.75 Å². The molecular formula is C8H14N2O2S. The highest BCUT2D eigenvalue weighted by Crippen LogP contribution is 2.06. The minimum absolute atomic E-state index is 0.185. The zero-order valence-corrected chi connectivity index (χ0v) is 8.28. The number of carbonyl (C=O) groups excluding carboxylic acids is 2. The predicted molar refractivity (Wildman–Crippen MR) is 52.7 cm³/mol. The lowest BCUT2D eigenvalue weighted by atomic mass is 10.2. The fraction of sp³-hybridized carbons (Fsp3) is 0.750. The molecule has 2 rings (SSSR count). The van der Waals surface area contributed by atoms with Gasteiger partial charge in [0.25, 0.3) is 5.24 Å². The standard InChI is InChI=1S/C5H11N.C3H3NO2S/c1-2-4-6-5-3-1;5-2-1-7-3(6)4-2/h6H,1-5H2;1H2,(H,4,5,6). The number of hydrogen-bond acceptors (Lipinski definition) is 4. The Balaban J connectivity index is 0.000000132. The first-order chi connectivity index (χ1) is 6.29. The predicted octanol–water partition coefficient (Wildman–Crippen LogP) is 0.729. The summed E-state index contributed by atoms with van der Waals surface area (Å²) in [6.45, 7) is 2.50. The molecule has 0 bridgehead atoms. The molecule has 2 amide bonds. The fourth-order valence-electron chi connectivity index (χ4n) is 1.12. The quantitative estimate of drug-likeness (QED) is 0.608. The van der Waals surface area contributed by atoms with Crippen molar-refractivity contribution in [3.63, 3.8) is 0 Å². The van der Waals surface area contributed by atoms with Gasteiger partial charge < -0.3 is 5.32 Å². The first-order valence-electron chi connectivity index (χ1n) is 4.46. The molecular weight excluding hydrogens is 188 g/mol. The van der Waals surface area contributed by atoms with Crippen molar-refractivity contribution in [1.29, 1.82) is 0 Å². The van der Waals surface area contributed by atoms with Crippen LogP contribution in [0.1, 0.15) is 19.3 Å². The lowest BCUT2D eigenvalue weighted by Crippen LogP contribution is -2.21. The Bertz CT molecular complexity index is 167. The minimum Gasteiger partial charge on any atom is -0.317 e. The average Bonchev–Trinajstić information content (AvgIpc) is 2.54. The number of carbonyl (C=O) groups is 2. The van der Waals surface area contributed by atoms with E-state index in [9.17, 15) is 9.59 Å². The van der Waals surface area contributed by atoms with E-state index >= 15 is 0 Å². The van der Waals surface area contributed by atoms with Gasteiger partial charge in [-0.25, -0.2) is 0 Å². The van der Waals surface area contributed by atoms with Crippen LogP contribution >= 0.6 is 11.8 Å². The zero-order valence-electron chi connectivity index (χ0n) is 7.47. The summed E-state index contributed by atoms with van der Waals surface area (Å²) in [6.07, 6.45) is 4.22. The van der Waals surface area contributed by atoms with Crippen LogP contribution in [0.4, 0.5) is 4.79 Å². The molecule has 5 heteroatoms. The molecule has 2 heterocycles. The Morgan fingerprint density at radius 3 is 1.92 bits per heavy atom. The third-order valence-corrected chi connectivity index (χ3v) is 2.55. The Kier molecular flexibility index (Phi) is 4.85. The third-order valence-electron chi connectivity index (χ3n) is 1.78. The smallest absolute Gasteiger partial charge is 0.286 e. The van der Waals surface area contributed by atoms with Crippen LogP contribution in [0.3, 0.4) is 0 Å². The Hall–Kier alpha value is -0.550. The van der Waals surface area contributed by atoms with Crippen molar-refractivity contribution in [2.45, 2.75) is 19.3 Å². The minimum atomic E-state index is -0.231. The lowest BCUT2D eigenvalue weighted by Gasteiger charge is -2.08. The SMILES string of the molecule is C1CCNCC1.O=C1CSC(=O)N1. The van der Waals surface area contributed by atoms with Gasteiger partial charge in [0.05, 0.1) is 5.75 Å². The molecule has 0 aliphatic carbocycles. The largest absolute Gasteiger partial charge is 0.317 e. The molecule has 0 atom stereocenters. The van der Waals surface area contributed by atoms with Crippen LogP contribution in [-0.4, -0.2) is 30.0 Å². The van der Waals surface area contributed by atoms with Gasteiger partial charge in [-0.3, -0.25) is 14.9 Å². The van der Waals surface area contributed by atoms with E-state index in [1.54, 1.807) is 0 Å². The van der Waals surface area contributed by atoms with Crippen LogP contribution in [0, 0.1) is 0 Å². The summed E-state index contributed by atoms with van der Waals surface area (Å²) in [5.41, 5.74) is 0. The number of thioether (sulfide) groups is 1. The lowest BCUT2D eigenvalue weighted by molar-refractivity contribution is -0.117. The van der Waals surface area contributed by atoms with Crippen molar-refractivity contribution in [2.24, 2.45) is 0 Å². The van der Waals surface area contributed by atoms with Crippen molar-refractivity contribution in [3.05, 3.63) is 0 Å². The maximum absolute atomic E-state index is 10.1. The van der Waals surface area contributed by atoms with Gasteiger partial charge >= 0.3 is 0 Å². The molecule has 2 N–H and O–H groups in total. The molecule has 2 aliphatic heterocycles. The summed E-state index contributed by atoms with van der Waals surface area (Å²) < 4.78 is 0. The third kappa shape index (κ3) is 4.90. The van der Waals surface area contributed by atoms with Crippen LogP contribution in [0.2, 0.25) is 0 Å². The summed E-state index contributed by atoms with van der Waals surface area (Å²) in [6, 6.07) is 0. The normalized spacial score (nSPS) is 21.8. The molecule has 0 spiro atoms. The van der Waals surface area contributed by atoms with Gasteiger partial charge in [0, 0.05) is 0 Å². The van der Waals surface area contributed by atoms with Gasteiger partial charge in [0.2, 0.25) is 5.91 Å². The Labute approximate surface area is 81.8 Å². The van der Waals surface area contributed by atoms with Crippen molar-refractivity contribution >= 4 is 22.9 Å². The van der Waals surface area contributed by atoms with Crippen LogP contribution in [-0.2, 0) is 4.79 Å². The maximum Gasteiger partial charge on any atom is 0.286 e. The monoisotopic (exact) mass is 202 g/mol. The van der Waals surface area contributed by atoms with E-state index in [-0.39, 0.29) is 11.1 Å². The van der Waals surface area contributed by atoms with E-state index in [1.807, 2.05) is 0 Å². The van der Waals surface area contributed by atoms with Crippen molar-refractivity contribution in [3.8, 4) is 0 Å². The maximum atomic E-state index is 10.1. The van der Waals surface area contributed by atoms with Crippen molar-refractivity contribution in [1.82, 2.24) is 10.6 Å². The van der Waals surface area contributed by atoms with Gasteiger partial charge in [0.15, 0.2) is 0 Å². The highest BCUT2D eigenvalue weighted by molar-refractivity contribution is 8.14. The summed E-state index contributed by atoms with van der Waals surface area (Å²) in [5.74, 6) is 0.105. The summed E-state index contributed by atoms with van der Waals surface area (Å²) in [7, 11) is 0. The average molecular weight is 202 g/mol. The summed E-state index contributed by atoms with van der Waals surface area (Å²) in [4.78, 5) is 20.2. The first-order valence-corrected chi connectivity index (χ1v) is 5.45. The van der Waals surface area contributed by atoms with Gasteiger partial charge in [-0.05, 0) is 25.9 Å². The second-order valence-corrected chi connectivity index (χ2v) is 3.88. The second kappa shape index (κ2) is 5.99. The summed E-state index contributed by atoms with van der Waals surface area (Å²) >= 11 is 1.01. The topological polar surface area (TPSA) is 58.2 Å². The highest BCUT2D eigenvalue weighted by atomic mass is 32.2. The molecule has 2 aliphatic rings. The van der Waals surface area contributed by atoms with E-state index in [2.05, 4.69) is 10.6 Å². The number of rotatable bonds is 0. The molecule has 2 fully saturated rings. The van der Waals surface area contributed by atoms with E-state index in [0.717, 1.165) is 11.8 Å². The van der Waals surface area contributed by atoms with Crippen LogP contribution in [0.5, 0.6) is 0 Å². The molecule has 0 radical (unpaired) electrons. The molecule has 0 aromatic heterocycles. The van der Waals surface area contributed by atoms with Gasteiger partial charge in [-0.2, -0.15) is 0 Å². The zero-order chi connectivity index (χ0) is 9.52. The fourth-order valence-corrected chi connectivity index (χ4v) is 1.64. The highest BCUT2D eigenvalue weighted by Gasteiger charge is 2.16. The number of hydrogen-bond donors (Lipinski definition) is 2. The summed E-state index contributed by atoms with van der Waals surface area (Å²) in [5, 5.41) is 5.16. The first kappa shape index (κ1) is 10.5. The Morgan fingerprint density at radius 2 is 1.77 bits per heavy atom. The molecule has 4 nitrogen and oxygen atoms in total. The van der Waals surface area contributed by atoms with E-state index in [4.69, 9.17) is 0 Å².